The minimum absolute atomic E-state index is 0.281. The van der Waals surface area contributed by atoms with Crippen LogP contribution in [0.4, 0.5) is 0 Å². The van der Waals surface area contributed by atoms with Gasteiger partial charge >= 0.3 is 5.97 Å². The molecular formula is C11H10N4O3. The number of carboxylic acids is 1. The van der Waals surface area contributed by atoms with Gasteiger partial charge in [0.2, 0.25) is 0 Å². The molecule has 0 atom stereocenters. The fourth-order valence-electron chi connectivity index (χ4n) is 1.79. The number of amides is 1. The van der Waals surface area contributed by atoms with Crippen LogP contribution in [0, 0.1) is 0 Å². The van der Waals surface area contributed by atoms with Crippen LogP contribution in [-0.2, 0) is 4.79 Å². The molecule has 0 saturated heterocycles. The lowest BCUT2D eigenvalue weighted by atomic mass is 10.2. The molecule has 18 heavy (non-hydrogen) atoms. The second-order valence-corrected chi connectivity index (χ2v) is 4.29. The summed E-state index contributed by atoms with van der Waals surface area (Å²) in [5.74, 6) is -1.45. The number of aromatic nitrogens is 3. The van der Waals surface area contributed by atoms with Gasteiger partial charge in [-0.3, -0.25) is 4.79 Å². The minimum Gasteiger partial charge on any atom is -0.480 e. The largest absolute Gasteiger partial charge is 0.480 e. The van der Waals surface area contributed by atoms with Gasteiger partial charge in [0.1, 0.15) is 11.1 Å². The summed E-state index contributed by atoms with van der Waals surface area (Å²) < 4.78 is 1.47. The lowest BCUT2D eigenvalue weighted by Gasteiger charge is -2.11. The Kier molecular flexibility index (Phi) is 2.09. The van der Waals surface area contributed by atoms with Crippen LogP contribution < -0.4 is 5.32 Å². The number of carbonyl (C=O) groups excluding carboxylic acids is 1. The topological polar surface area (TPSA) is 96.6 Å². The van der Waals surface area contributed by atoms with Gasteiger partial charge in [0.15, 0.2) is 5.65 Å². The van der Waals surface area contributed by atoms with E-state index < -0.39 is 17.4 Å². The van der Waals surface area contributed by atoms with Gasteiger partial charge in [-0.1, -0.05) is 0 Å². The quantitative estimate of drug-likeness (QED) is 0.799. The molecule has 0 aliphatic heterocycles. The highest BCUT2D eigenvalue weighted by Crippen LogP contribution is 2.35. The van der Waals surface area contributed by atoms with E-state index in [1.165, 1.54) is 10.7 Å². The van der Waals surface area contributed by atoms with E-state index in [1.54, 1.807) is 18.5 Å². The number of fused-ring (bicyclic) bond motifs is 1. The maximum absolute atomic E-state index is 12.0. The lowest BCUT2D eigenvalue weighted by Crippen LogP contribution is -2.43. The Labute approximate surface area is 101 Å². The van der Waals surface area contributed by atoms with E-state index in [9.17, 15) is 9.59 Å². The van der Waals surface area contributed by atoms with Gasteiger partial charge in [0, 0.05) is 12.4 Å². The Balaban J connectivity index is 1.91. The van der Waals surface area contributed by atoms with E-state index in [2.05, 4.69) is 15.4 Å². The SMILES string of the molecule is O=C(NC1(C(=O)O)CC1)c1cnn2cccnc12. The first-order valence-electron chi connectivity index (χ1n) is 5.47. The van der Waals surface area contributed by atoms with Gasteiger partial charge in [-0.25, -0.2) is 14.3 Å². The Bertz CT molecular complexity index is 645. The number of hydrogen-bond acceptors (Lipinski definition) is 4. The molecule has 2 aromatic rings. The minimum atomic E-state index is -1.10. The molecule has 1 aliphatic rings. The zero-order chi connectivity index (χ0) is 12.8. The predicted octanol–water partition coefficient (Wildman–Crippen LogP) is 0.0763. The van der Waals surface area contributed by atoms with Crippen molar-refractivity contribution in [2.24, 2.45) is 0 Å². The molecule has 1 saturated carbocycles. The Morgan fingerprint density at radius 3 is 2.89 bits per heavy atom. The van der Waals surface area contributed by atoms with E-state index in [0.717, 1.165) is 0 Å². The van der Waals surface area contributed by atoms with Crippen molar-refractivity contribution < 1.29 is 14.7 Å². The Morgan fingerprint density at radius 1 is 1.44 bits per heavy atom. The number of carboxylic acid groups (broad SMARTS) is 1. The van der Waals surface area contributed by atoms with Crippen molar-refractivity contribution >= 4 is 17.5 Å². The van der Waals surface area contributed by atoms with Gasteiger partial charge in [0.25, 0.3) is 5.91 Å². The summed E-state index contributed by atoms with van der Waals surface area (Å²) in [6.07, 6.45) is 5.53. The third-order valence-electron chi connectivity index (χ3n) is 3.04. The van der Waals surface area contributed by atoms with E-state index in [-0.39, 0.29) is 5.56 Å². The number of rotatable bonds is 3. The standard InChI is InChI=1S/C11H10N4O3/c16-9(14-11(2-3-11)10(17)18)7-6-13-15-5-1-4-12-8(7)15/h1,4-6H,2-3H2,(H,14,16)(H,17,18). The molecule has 0 aromatic carbocycles. The molecule has 1 fully saturated rings. The van der Waals surface area contributed by atoms with Gasteiger partial charge in [0.05, 0.1) is 6.20 Å². The zero-order valence-corrected chi connectivity index (χ0v) is 9.33. The predicted molar refractivity (Wildman–Crippen MR) is 60.1 cm³/mol. The molecule has 0 bridgehead atoms. The van der Waals surface area contributed by atoms with Crippen molar-refractivity contribution in [3.63, 3.8) is 0 Å². The van der Waals surface area contributed by atoms with Crippen LogP contribution in [0.25, 0.3) is 5.65 Å². The van der Waals surface area contributed by atoms with Crippen molar-refractivity contribution in [3.05, 3.63) is 30.2 Å². The maximum atomic E-state index is 12.0. The summed E-state index contributed by atoms with van der Waals surface area (Å²) in [6.45, 7) is 0. The normalized spacial score (nSPS) is 16.4. The second-order valence-electron chi connectivity index (χ2n) is 4.29. The lowest BCUT2D eigenvalue weighted by molar-refractivity contribution is -0.140. The van der Waals surface area contributed by atoms with Crippen LogP contribution in [-0.4, -0.2) is 37.1 Å². The molecule has 3 rings (SSSR count). The molecule has 0 unspecified atom stereocenters. The number of nitrogens with zero attached hydrogens (tertiary/aromatic N) is 3. The van der Waals surface area contributed by atoms with Crippen molar-refractivity contribution in [1.82, 2.24) is 19.9 Å². The summed E-state index contributed by atoms with van der Waals surface area (Å²) in [7, 11) is 0. The molecule has 2 aromatic heterocycles. The van der Waals surface area contributed by atoms with E-state index >= 15 is 0 Å². The van der Waals surface area contributed by atoms with Crippen LogP contribution in [0.1, 0.15) is 23.2 Å². The fraction of sp³-hybridized carbons (Fsp3) is 0.273. The highest BCUT2D eigenvalue weighted by molar-refractivity contribution is 6.02. The molecule has 0 radical (unpaired) electrons. The first kappa shape index (κ1) is 10.7. The van der Waals surface area contributed by atoms with Gasteiger partial charge in [-0.2, -0.15) is 5.10 Å². The van der Waals surface area contributed by atoms with Crippen molar-refractivity contribution in [2.45, 2.75) is 18.4 Å². The third kappa shape index (κ3) is 1.52. The smallest absolute Gasteiger partial charge is 0.329 e. The number of hydrogen-bond donors (Lipinski definition) is 2. The molecule has 1 amide bonds. The number of carbonyl (C=O) groups is 2. The van der Waals surface area contributed by atoms with Gasteiger partial charge in [-0.15, -0.1) is 0 Å². The average molecular weight is 246 g/mol. The Morgan fingerprint density at radius 2 is 2.22 bits per heavy atom. The second kappa shape index (κ2) is 3.52. The molecule has 2 N–H and O–H groups in total. The van der Waals surface area contributed by atoms with Crippen LogP contribution in [0.2, 0.25) is 0 Å². The van der Waals surface area contributed by atoms with Crippen LogP contribution in [0.5, 0.6) is 0 Å². The summed E-state index contributed by atoms with van der Waals surface area (Å²) in [4.78, 5) is 27.1. The fourth-order valence-corrected chi connectivity index (χ4v) is 1.79. The monoisotopic (exact) mass is 246 g/mol. The molecule has 1 aliphatic carbocycles. The molecular weight excluding hydrogens is 236 g/mol. The van der Waals surface area contributed by atoms with Crippen LogP contribution >= 0.6 is 0 Å². The first-order valence-corrected chi connectivity index (χ1v) is 5.47. The average Bonchev–Trinajstić information content (AvgIpc) is 3.01. The Hall–Kier alpha value is -2.44. The number of aliphatic carboxylic acids is 1. The highest BCUT2D eigenvalue weighted by atomic mass is 16.4. The molecule has 2 heterocycles. The first-order chi connectivity index (χ1) is 8.62. The third-order valence-corrected chi connectivity index (χ3v) is 3.04. The molecule has 92 valence electrons. The van der Waals surface area contributed by atoms with Crippen molar-refractivity contribution in [3.8, 4) is 0 Å². The van der Waals surface area contributed by atoms with Crippen LogP contribution in [0.15, 0.2) is 24.7 Å². The number of nitrogens with one attached hydrogen (secondary N) is 1. The maximum Gasteiger partial charge on any atom is 0.329 e. The summed E-state index contributed by atoms with van der Waals surface area (Å²) in [5, 5.41) is 15.5. The summed E-state index contributed by atoms with van der Waals surface area (Å²) in [5.41, 5.74) is -0.403. The summed E-state index contributed by atoms with van der Waals surface area (Å²) in [6, 6.07) is 1.70. The van der Waals surface area contributed by atoms with E-state index in [0.29, 0.717) is 18.5 Å². The van der Waals surface area contributed by atoms with Gasteiger partial charge < -0.3 is 10.4 Å². The van der Waals surface area contributed by atoms with E-state index in [1.807, 2.05) is 0 Å². The zero-order valence-electron chi connectivity index (χ0n) is 9.33. The molecule has 0 spiro atoms. The van der Waals surface area contributed by atoms with E-state index in [4.69, 9.17) is 5.11 Å². The molecule has 7 heteroatoms. The van der Waals surface area contributed by atoms with Crippen LogP contribution in [0.3, 0.4) is 0 Å². The molecule has 7 nitrogen and oxygen atoms in total. The van der Waals surface area contributed by atoms with Gasteiger partial charge in [-0.05, 0) is 18.9 Å². The van der Waals surface area contributed by atoms with Crippen molar-refractivity contribution in [1.29, 1.82) is 0 Å². The van der Waals surface area contributed by atoms with Crippen molar-refractivity contribution in [2.75, 3.05) is 0 Å². The highest BCUT2D eigenvalue weighted by Gasteiger charge is 2.51. The summed E-state index contributed by atoms with van der Waals surface area (Å²) >= 11 is 0.